The number of aromatic amines is 1. The van der Waals surface area contributed by atoms with Crippen molar-refractivity contribution in [2.45, 2.75) is 51.0 Å². The standard InChI is InChI=1S/C18H26N2O3/c21-17-8-6-14(12-19-17)7-9-18(22)20-10-11-23-16(13-20)15-4-2-1-3-5-15/h6,8,12,15-16H,1-5,7,9-11,13H2,(H,19,21). The molecule has 1 unspecified atom stereocenters. The molecular formula is C18H26N2O3. The van der Waals surface area contributed by atoms with E-state index < -0.39 is 0 Å². The number of amides is 1. The minimum atomic E-state index is -0.108. The summed E-state index contributed by atoms with van der Waals surface area (Å²) < 4.78 is 5.94. The summed E-state index contributed by atoms with van der Waals surface area (Å²) in [6.45, 7) is 2.11. The van der Waals surface area contributed by atoms with Gasteiger partial charge in [-0.3, -0.25) is 9.59 Å². The van der Waals surface area contributed by atoms with E-state index >= 15 is 0 Å². The van der Waals surface area contributed by atoms with Crippen LogP contribution in [0.4, 0.5) is 0 Å². The lowest BCUT2D eigenvalue weighted by molar-refractivity contribution is -0.141. The third kappa shape index (κ3) is 4.44. The SMILES string of the molecule is O=C(CCc1ccc(=O)[nH]c1)N1CCOC(C2CCCCC2)C1. The van der Waals surface area contributed by atoms with E-state index in [-0.39, 0.29) is 17.6 Å². The Morgan fingerprint density at radius 1 is 1.26 bits per heavy atom. The van der Waals surface area contributed by atoms with Crippen molar-refractivity contribution < 1.29 is 9.53 Å². The van der Waals surface area contributed by atoms with Crippen LogP contribution in [0.25, 0.3) is 0 Å². The van der Waals surface area contributed by atoms with Gasteiger partial charge in [-0.1, -0.05) is 25.3 Å². The monoisotopic (exact) mass is 318 g/mol. The molecule has 1 aliphatic carbocycles. The molecular weight excluding hydrogens is 292 g/mol. The van der Waals surface area contributed by atoms with Crippen LogP contribution in [0.1, 0.15) is 44.1 Å². The number of rotatable bonds is 4. The second-order valence-corrected chi connectivity index (χ2v) is 6.71. The number of morpholine rings is 1. The van der Waals surface area contributed by atoms with Crippen LogP contribution in [0.3, 0.4) is 0 Å². The largest absolute Gasteiger partial charge is 0.374 e. The quantitative estimate of drug-likeness (QED) is 0.925. The molecule has 23 heavy (non-hydrogen) atoms. The zero-order valence-electron chi connectivity index (χ0n) is 13.6. The maximum atomic E-state index is 12.5. The molecule has 2 heterocycles. The third-order valence-electron chi connectivity index (χ3n) is 5.10. The van der Waals surface area contributed by atoms with Gasteiger partial charge in [0.05, 0.1) is 12.7 Å². The first-order valence-corrected chi connectivity index (χ1v) is 8.79. The molecule has 2 aliphatic rings. The summed E-state index contributed by atoms with van der Waals surface area (Å²) in [5.74, 6) is 0.818. The Morgan fingerprint density at radius 2 is 2.09 bits per heavy atom. The fourth-order valence-corrected chi connectivity index (χ4v) is 3.70. The lowest BCUT2D eigenvalue weighted by Gasteiger charge is -2.38. The fraction of sp³-hybridized carbons (Fsp3) is 0.667. The number of carbonyl (C=O) groups excluding carboxylic acids is 1. The molecule has 126 valence electrons. The van der Waals surface area contributed by atoms with Crippen molar-refractivity contribution in [1.82, 2.24) is 9.88 Å². The average Bonchev–Trinajstić information content (AvgIpc) is 2.62. The minimum absolute atomic E-state index is 0.108. The average molecular weight is 318 g/mol. The number of nitrogens with one attached hydrogen (secondary N) is 1. The molecule has 1 N–H and O–H groups in total. The van der Waals surface area contributed by atoms with Crippen molar-refractivity contribution in [3.8, 4) is 0 Å². The minimum Gasteiger partial charge on any atom is -0.374 e. The van der Waals surface area contributed by atoms with Gasteiger partial charge in [0.15, 0.2) is 0 Å². The van der Waals surface area contributed by atoms with Gasteiger partial charge in [0.2, 0.25) is 11.5 Å². The second-order valence-electron chi connectivity index (χ2n) is 6.71. The number of nitrogens with zero attached hydrogens (tertiary/aromatic N) is 1. The first kappa shape index (κ1) is 16.2. The van der Waals surface area contributed by atoms with Crippen LogP contribution in [-0.4, -0.2) is 41.6 Å². The predicted molar refractivity (Wildman–Crippen MR) is 88.3 cm³/mol. The zero-order chi connectivity index (χ0) is 16.1. The maximum absolute atomic E-state index is 12.5. The van der Waals surface area contributed by atoms with Crippen molar-refractivity contribution in [1.29, 1.82) is 0 Å². The van der Waals surface area contributed by atoms with Gasteiger partial charge in [-0.25, -0.2) is 0 Å². The van der Waals surface area contributed by atoms with Gasteiger partial charge in [0.1, 0.15) is 0 Å². The Labute approximate surface area is 137 Å². The highest BCUT2D eigenvalue weighted by atomic mass is 16.5. The molecule has 2 fully saturated rings. The molecule has 0 aromatic carbocycles. The Morgan fingerprint density at radius 3 is 2.83 bits per heavy atom. The van der Waals surface area contributed by atoms with E-state index in [1.807, 2.05) is 4.90 Å². The Kier molecular flexibility index (Phi) is 5.49. The van der Waals surface area contributed by atoms with E-state index in [4.69, 9.17) is 4.74 Å². The third-order valence-corrected chi connectivity index (χ3v) is 5.10. The molecule has 5 nitrogen and oxygen atoms in total. The zero-order valence-corrected chi connectivity index (χ0v) is 13.6. The van der Waals surface area contributed by atoms with E-state index in [1.165, 1.54) is 38.2 Å². The van der Waals surface area contributed by atoms with E-state index in [0.717, 1.165) is 12.1 Å². The van der Waals surface area contributed by atoms with Crippen LogP contribution in [-0.2, 0) is 16.0 Å². The molecule has 1 atom stereocenters. The van der Waals surface area contributed by atoms with Gasteiger partial charge in [0, 0.05) is 31.8 Å². The number of aryl methyl sites for hydroxylation is 1. The summed E-state index contributed by atoms with van der Waals surface area (Å²) >= 11 is 0. The van der Waals surface area contributed by atoms with Gasteiger partial charge < -0.3 is 14.6 Å². The smallest absolute Gasteiger partial charge is 0.247 e. The molecule has 1 saturated carbocycles. The fourth-order valence-electron chi connectivity index (χ4n) is 3.70. The van der Waals surface area contributed by atoms with Crippen LogP contribution < -0.4 is 5.56 Å². The highest BCUT2D eigenvalue weighted by Crippen LogP contribution is 2.29. The predicted octanol–water partition coefficient (Wildman–Crippen LogP) is 2.12. The highest BCUT2D eigenvalue weighted by Gasteiger charge is 2.30. The summed E-state index contributed by atoms with van der Waals surface area (Å²) in [5, 5.41) is 0. The summed E-state index contributed by atoms with van der Waals surface area (Å²) in [6, 6.07) is 3.30. The Bertz CT molecular complexity index is 557. The highest BCUT2D eigenvalue weighted by molar-refractivity contribution is 5.76. The molecule has 1 aromatic rings. The summed E-state index contributed by atoms with van der Waals surface area (Å²) in [4.78, 5) is 28.1. The number of ether oxygens (including phenoxy) is 1. The van der Waals surface area contributed by atoms with Crippen molar-refractivity contribution >= 4 is 5.91 Å². The molecule has 0 bridgehead atoms. The van der Waals surface area contributed by atoms with Gasteiger partial charge in [-0.05, 0) is 30.7 Å². The molecule has 1 aromatic heterocycles. The van der Waals surface area contributed by atoms with Crippen LogP contribution in [0, 0.1) is 5.92 Å². The van der Waals surface area contributed by atoms with E-state index in [1.54, 1.807) is 12.3 Å². The van der Waals surface area contributed by atoms with Gasteiger partial charge in [-0.2, -0.15) is 0 Å². The molecule has 3 rings (SSSR count). The topological polar surface area (TPSA) is 62.4 Å². The van der Waals surface area contributed by atoms with Crippen LogP contribution in [0.5, 0.6) is 0 Å². The number of carbonyl (C=O) groups is 1. The second kappa shape index (κ2) is 7.77. The van der Waals surface area contributed by atoms with Crippen molar-refractivity contribution in [2.75, 3.05) is 19.7 Å². The van der Waals surface area contributed by atoms with Crippen LogP contribution >= 0.6 is 0 Å². The van der Waals surface area contributed by atoms with Gasteiger partial charge >= 0.3 is 0 Å². The first-order chi connectivity index (χ1) is 11.2. The van der Waals surface area contributed by atoms with Crippen LogP contribution in [0.15, 0.2) is 23.1 Å². The van der Waals surface area contributed by atoms with E-state index in [9.17, 15) is 9.59 Å². The molecule has 0 radical (unpaired) electrons. The number of H-pyrrole nitrogens is 1. The van der Waals surface area contributed by atoms with Crippen LogP contribution in [0.2, 0.25) is 0 Å². The summed E-state index contributed by atoms with van der Waals surface area (Å²) in [5.41, 5.74) is 0.888. The van der Waals surface area contributed by atoms with E-state index in [0.29, 0.717) is 31.9 Å². The lowest BCUT2D eigenvalue weighted by Crippen LogP contribution is -2.48. The Hall–Kier alpha value is -1.62. The molecule has 5 heteroatoms. The van der Waals surface area contributed by atoms with E-state index in [2.05, 4.69) is 4.98 Å². The molecule has 0 spiro atoms. The normalized spacial score (nSPS) is 23.0. The van der Waals surface area contributed by atoms with Crippen molar-refractivity contribution in [3.63, 3.8) is 0 Å². The summed E-state index contributed by atoms with van der Waals surface area (Å²) in [7, 11) is 0. The number of aromatic nitrogens is 1. The van der Waals surface area contributed by atoms with Gasteiger partial charge in [-0.15, -0.1) is 0 Å². The first-order valence-electron chi connectivity index (χ1n) is 8.79. The number of pyridine rings is 1. The maximum Gasteiger partial charge on any atom is 0.247 e. The molecule has 1 amide bonds. The van der Waals surface area contributed by atoms with Gasteiger partial charge in [0.25, 0.3) is 0 Å². The summed E-state index contributed by atoms with van der Waals surface area (Å²) in [6.07, 6.45) is 9.49. The number of hydrogen-bond acceptors (Lipinski definition) is 3. The number of hydrogen-bond donors (Lipinski definition) is 1. The molecule has 1 saturated heterocycles. The van der Waals surface area contributed by atoms with Crippen molar-refractivity contribution in [3.05, 3.63) is 34.2 Å². The Balaban J connectivity index is 1.50. The lowest BCUT2D eigenvalue weighted by atomic mass is 9.84. The van der Waals surface area contributed by atoms with Crippen molar-refractivity contribution in [2.24, 2.45) is 5.92 Å². The molecule has 1 aliphatic heterocycles.